The van der Waals surface area contributed by atoms with Gasteiger partial charge in [0.2, 0.25) is 5.91 Å². The second kappa shape index (κ2) is 11.4. The average Bonchev–Trinajstić information content (AvgIpc) is 3.64. The van der Waals surface area contributed by atoms with Crippen LogP contribution in [0.3, 0.4) is 0 Å². The Balaban J connectivity index is 1.43. The first-order valence-corrected chi connectivity index (χ1v) is 14.7. The Hall–Kier alpha value is -4.07. The molecule has 2 fully saturated rings. The average molecular weight is 571 g/mol. The fraction of sp³-hybridized carbons (Fsp3) is 0.355. The first kappa shape index (κ1) is 27.1. The van der Waals surface area contributed by atoms with Crippen LogP contribution in [0.15, 0.2) is 54.4 Å². The highest BCUT2D eigenvalue weighted by Crippen LogP contribution is 2.38. The molecular formula is C31H31FN6O2S. The lowest BCUT2D eigenvalue weighted by Gasteiger charge is -2.41. The normalized spacial score (nSPS) is 19.5. The fourth-order valence-corrected chi connectivity index (χ4v) is 6.85. The number of likely N-dealkylation sites (tertiary alicyclic amines) is 1. The van der Waals surface area contributed by atoms with E-state index in [1.165, 1.54) is 12.1 Å². The summed E-state index contributed by atoms with van der Waals surface area (Å²) in [7, 11) is 2.09. The van der Waals surface area contributed by atoms with Crippen molar-refractivity contribution < 1.29 is 13.9 Å². The second-order valence-corrected chi connectivity index (χ2v) is 11.5. The molecule has 41 heavy (non-hydrogen) atoms. The fourth-order valence-electron chi connectivity index (χ4n) is 5.93. The van der Waals surface area contributed by atoms with Crippen LogP contribution in [-0.2, 0) is 4.79 Å². The molecule has 0 unspecified atom stereocenters. The molecule has 2 saturated heterocycles. The number of rotatable bonds is 7. The molecule has 6 rings (SSSR count). The predicted molar refractivity (Wildman–Crippen MR) is 160 cm³/mol. The number of piperazine rings is 1. The molecule has 0 saturated carbocycles. The highest BCUT2D eigenvalue weighted by atomic mass is 32.1. The van der Waals surface area contributed by atoms with Gasteiger partial charge >= 0.3 is 6.01 Å². The number of aromatic nitrogens is 2. The van der Waals surface area contributed by atoms with E-state index in [1.807, 2.05) is 34.5 Å². The maximum atomic E-state index is 15.9. The van der Waals surface area contributed by atoms with Crippen molar-refractivity contribution in [2.75, 3.05) is 44.7 Å². The number of hydrogen-bond acceptors (Lipinski definition) is 8. The Labute approximate surface area is 242 Å². The minimum atomic E-state index is -0.362. The number of nitrogens with zero attached hydrogens (tertiary/aromatic N) is 6. The van der Waals surface area contributed by atoms with Crippen LogP contribution in [0.2, 0.25) is 0 Å². The summed E-state index contributed by atoms with van der Waals surface area (Å²) in [4.78, 5) is 28.0. The number of amides is 1. The molecular weight excluding hydrogens is 539 g/mol. The van der Waals surface area contributed by atoms with E-state index in [9.17, 15) is 10.1 Å². The van der Waals surface area contributed by atoms with Gasteiger partial charge in [-0.15, -0.1) is 11.3 Å². The largest absolute Gasteiger partial charge is 0.462 e. The molecule has 0 spiro atoms. The first-order valence-electron chi connectivity index (χ1n) is 13.8. The molecule has 2 aromatic heterocycles. The Bertz CT molecular complexity index is 1670. The van der Waals surface area contributed by atoms with Crippen molar-refractivity contribution in [3.05, 3.63) is 60.3 Å². The van der Waals surface area contributed by atoms with Crippen LogP contribution in [0.5, 0.6) is 6.01 Å². The Morgan fingerprint density at radius 1 is 1.22 bits per heavy atom. The summed E-state index contributed by atoms with van der Waals surface area (Å²) in [6.45, 7) is 6.34. The van der Waals surface area contributed by atoms with Crippen LogP contribution in [-0.4, -0.2) is 77.6 Å². The van der Waals surface area contributed by atoms with E-state index in [-0.39, 0.29) is 36.2 Å². The zero-order valence-electron chi connectivity index (χ0n) is 22.9. The monoisotopic (exact) mass is 570 g/mol. The van der Waals surface area contributed by atoms with Crippen LogP contribution in [0.4, 0.5) is 10.2 Å². The molecule has 2 aliphatic rings. The van der Waals surface area contributed by atoms with E-state index in [0.717, 1.165) is 35.0 Å². The number of anilines is 1. The molecule has 2 aliphatic heterocycles. The van der Waals surface area contributed by atoms with Gasteiger partial charge in [0.05, 0.1) is 24.0 Å². The molecule has 1 amide bonds. The lowest BCUT2D eigenvalue weighted by Crippen LogP contribution is -2.55. The van der Waals surface area contributed by atoms with Crippen LogP contribution in [0.25, 0.3) is 32.1 Å². The zero-order chi connectivity index (χ0) is 28.5. The van der Waals surface area contributed by atoms with Crippen molar-refractivity contribution in [3.63, 3.8) is 0 Å². The van der Waals surface area contributed by atoms with Crippen molar-refractivity contribution in [1.29, 1.82) is 5.26 Å². The molecule has 8 nitrogen and oxygen atoms in total. The maximum absolute atomic E-state index is 15.9. The highest BCUT2D eigenvalue weighted by Gasteiger charge is 2.31. The Morgan fingerprint density at radius 3 is 2.88 bits per heavy atom. The molecule has 210 valence electrons. The third-order valence-electron chi connectivity index (χ3n) is 8.16. The number of fused-ring (bicyclic) bond motifs is 2. The summed E-state index contributed by atoms with van der Waals surface area (Å²) in [5, 5.41) is 13.1. The topological polar surface area (TPSA) is 85.6 Å². The van der Waals surface area contributed by atoms with Crippen LogP contribution < -0.4 is 9.64 Å². The summed E-state index contributed by atoms with van der Waals surface area (Å²) in [6.07, 6.45) is 3.61. The standard InChI is InChI=1S/C31H31FN6O2S/c1-3-28(39)38-14-13-37(18-21(38)9-11-33)30-25-16-26(32)24(23-8-4-6-20-10-15-41-29(20)23)17-27(25)34-31(35-30)40-19-22-7-5-12-36(22)2/h3-4,6,8,10,15-17,21-22H,1,5,7,9,12-14,18-19H2,2H3/t21-,22-/m0/s1. The van der Waals surface area contributed by atoms with E-state index < -0.39 is 0 Å². The molecule has 10 heteroatoms. The molecule has 0 radical (unpaired) electrons. The smallest absolute Gasteiger partial charge is 0.319 e. The number of carbonyl (C=O) groups excluding carboxylic acids is 1. The van der Waals surface area contributed by atoms with Gasteiger partial charge in [0.1, 0.15) is 18.2 Å². The third-order valence-corrected chi connectivity index (χ3v) is 9.12. The van der Waals surface area contributed by atoms with Gasteiger partial charge < -0.3 is 19.4 Å². The number of hydrogen-bond donors (Lipinski definition) is 0. The SMILES string of the molecule is C=CC(=O)N1CCN(c2nc(OC[C@@H]3CCCN3C)nc3cc(-c4cccc5ccsc45)c(F)cc23)C[C@@H]1CC#N. The predicted octanol–water partition coefficient (Wildman–Crippen LogP) is 5.24. The zero-order valence-corrected chi connectivity index (χ0v) is 23.7. The summed E-state index contributed by atoms with van der Waals surface area (Å²) in [6, 6.07) is 13.6. The van der Waals surface area contributed by atoms with Gasteiger partial charge in [-0.25, -0.2) is 4.39 Å². The van der Waals surface area contributed by atoms with Gasteiger partial charge in [0.15, 0.2) is 0 Å². The van der Waals surface area contributed by atoms with Crippen molar-refractivity contribution in [3.8, 4) is 23.2 Å². The minimum Gasteiger partial charge on any atom is -0.462 e. The molecule has 0 bridgehead atoms. The van der Waals surface area contributed by atoms with Crippen LogP contribution in [0, 0.1) is 17.1 Å². The van der Waals surface area contributed by atoms with E-state index >= 15 is 4.39 Å². The maximum Gasteiger partial charge on any atom is 0.319 e. The molecule has 2 atom stereocenters. The Morgan fingerprint density at radius 2 is 2.10 bits per heavy atom. The lowest BCUT2D eigenvalue weighted by molar-refractivity contribution is -0.128. The van der Waals surface area contributed by atoms with E-state index in [0.29, 0.717) is 48.5 Å². The number of carbonyl (C=O) groups is 1. The number of likely N-dealkylation sites (N-methyl/N-ethyl adjacent to an activating group) is 1. The lowest BCUT2D eigenvalue weighted by atomic mass is 10.0. The van der Waals surface area contributed by atoms with Crippen molar-refractivity contribution in [2.24, 2.45) is 0 Å². The van der Waals surface area contributed by atoms with Gasteiger partial charge in [-0.1, -0.05) is 24.8 Å². The number of halogens is 1. The van der Waals surface area contributed by atoms with E-state index in [4.69, 9.17) is 14.7 Å². The van der Waals surface area contributed by atoms with Gasteiger partial charge in [-0.05, 0) is 61.5 Å². The summed E-state index contributed by atoms with van der Waals surface area (Å²) < 4.78 is 23.1. The number of nitriles is 1. The molecule has 0 N–H and O–H groups in total. The van der Waals surface area contributed by atoms with Gasteiger partial charge in [0, 0.05) is 46.9 Å². The third kappa shape index (κ3) is 5.23. The molecule has 4 heterocycles. The van der Waals surface area contributed by atoms with E-state index in [2.05, 4.69) is 24.6 Å². The molecule has 0 aliphatic carbocycles. The van der Waals surface area contributed by atoms with Gasteiger partial charge in [0.25, 0.3) is 0 Å². The number of thiophene rings is 1. The minimum absolute atomic E-state index is 0.166. The number of benzene rings is 2. The highest BCUT2D eigenvalue weighted by molar-refractivity contribution is 7.17. The molecule has 4 aromatic rings. The summed E-state index contributed by atoms with van der Waals surface area (Å²) in [5.41, 5.74) is 1.87. The summed E-state index contributed by atoms with van der Waals surface area (Å²) in [5.74, 6) is -0.0302. The van der Waals surface area contributed by atoms with Crippen LogP contribution >= 0.6 is 11.3 Å². The van der Waals surface area contributed by atoms with Gasteiger partial charge in [-0.2, -0.15) is 15.2 Å². The van der Waals surface area contributed by atoms with Crippen molar-refractivity contribution >= 4 is 44.1 Å². The number of ether oxygens (including phenoxy) is 1. The second-order valence-electron chi connectivity index (χ2n) is 10.6. The molecule has 2 aromatic carbocycles. The first-order chi connectivity index (χ1) is 20.0. The van der Waals surface area contributed by atoms with Crippen molar-refractivity contribution in [1.82, 2.24) is 19.8 Å². The van der Waals surface area contributed by atoms with E-state index in [1.54, 1.807) is 22.3 Å². The quantitative estimate of drug-likeness (QED) is 0.281. The van der Waals surface area contributed by atoms with Crippen LogP contribution in [0.1, 0.15) is 19.3 Å². The van der Waals surface area contributed by atoms with Gasteiger partial charge in [-0.3, -0.25) is 4.79 Å². The summed E-state index contributed by atoms with van der Waals surface area (Å²) >= 11 is 1.58. The Kier molecular flexibility index (Phi) is 7.56. The van der Waals surface area contributed by atoms with Crippen molar-refractivity contribution in [2.45, 2.75) is 31.3 Å².